The second-order valence-electron chi connectivity index (χ2n) is 4.78. The van der Waals surface area contributed by atoms with Gasteiger partial charge >= 0.3 is 6.09 Å². The van der Waals surface area contributed by atoms with Crippen LogP contribution in [0.4, 0.5) is 4.79 Å². The van der Waals surface area contributed by atoms with Gasteiger partial charge in [-0.3, -0.25) is 4.90 Å². The van der Waals surface area contributed by atoms with Crippen LogP contribution in [0.25, 0.3) is 0 Å². The number of aromatic nitrogens is 2. The van der Waals surface area contributed by atoms with E-state index in [1.807, 2.05) is 13.8 Å². The Morgan fingerprint density at radius 3 is 3.05 bits per heavy atom. The third-order valence-corrected chi connectivity index (χ3v) is 2.92. The van der Waals surface area contributed by atoms with Crippen molar-refractivity contribution in [3.05, 3.63) is 24.4 Å². The van der Waals surface area contributed by atoms with Gasteiger partial charge in [-0.25, -0.2) is 4.79 Å². The van der Waals surface area contributed by atoms with E-state index in [-0.39, 0.29) is 12.5 Å². The van der Waals surface area contributed by atoms with E-state index in [2.05, 4.69) is 16.8 Å². The summed E-state index contributed by atoms with van der Waals surface area (Å²) in [7, 11) is 0. The molecule has 1 atom stereocenters. The van der Waals surface area contributed by atoms with Gasteiger partial charge in [0.25, 0.3) is 0 Å². The van der Waals surface area contributed by atoms with Crippen LogP contribution < -0.4 is 0 Å². The maximum atomic E-state index is 12.0. The molecule has 0 radical (unpaired) electrons. The highest BCUT2D eigenvalue weighted by atomic mass is 16.6. The zero-order valence-electron chi connectivity index (χ0n) is 11.7. The van der Waals surface area contributed by atoms with Gasteiger partial charge in [-0.1, -0.05) is 26.5 Å². The number of hydrogen-bond donors (Lipinski definition) is 0. The lowest BCUT2D eigenvalue weighted by atomic mass is 10.2. The molecule has 0 aromatic carbocycles. The molecule has 1 saturated heterocycles. The smallest absolute Gasteiger partial charge is 0.410 e. The number of hydrogen-bond acceptors (Lipinski definition) is 6. The van der Waals surface area contributed by atoms with E-state index in [1.165, 1.54) is 6.08 Å². The van der Waals surface area contributed by atoms with Gasteiger partial charge in [0.05, 0.1) is 13.2 Å². The quantitative estimate of drug-likeness (QED) is 0.784. The van der Waals surface area contributed by atoms with Gasteiger partial charge < -0.3 is 13.9 Å². The van der Waals surface area contributed by atoms with Gasteiger partial charge in [0.1, 0.15) is 12.6 Å². The number of amides is 1. The third kappa shape index (κ3) is 3.16. The Balaban J connectivity index is 2.13. The van der Waals surface area contributed by atoms with Crippen molar-refractivity contribution in [2.24, 2.45) is 0 Å². The molecule has 1 aliphatic heterocycles. The van der Waals surface area contributed by atoms with Crippen LogP contribution in [0.2, 0.25) is 0 Å². The standard InChI is InChI=1S/C13H19N3O4/c1-4-6-19-13(17)16-5-7-18-8-10(16)12-15-14-11(20-12)9(2)3/h4,9-10H,1,5-8H2,2-3H3. The zero-order valence-corrected chi connectivity index (χ0v) is 11.7. The first kappa shape index (κ1) is 14.5. The zero-order chi connectivity index (χ0) is 14.5. The first-order chi connectivity index (χ1) is 9.63. The lowest BCUT2D eigenvalue weighted by molar-refractivity contribution is -0.0163. The number of morpholine rings is 1. The van der Waals surface area contributed by atoms with Crippen LogP contribution in [0, 0.1) is 0 Å². The molecule has 1 aliphatic rings. The van der Waals surface area contributed by atoms with Crippen LogP contribution in [0.3, 0.4) is 0 Å². The lowest BCUT2D eigenvalue weighted by Gasteiger charge is -2.32. The molecule has 0 aliphatic carbocycles. The fraction of sp³-hybridized carbons (Fsp3) is 0.615. The molecule has 110 valence electrons. The summed E-state index contributed by atoms with van der Waals surface area (Å²) in [6.45, 7) is 8.83. The molecular formula is C13H19N3O4. The average molecular weight is 281 g/mol. The summed E-state index contributed by atoms with van der Waals surface area (Å²) in [4.78, 5) is 13.5. The Labute approximate surface area is 117 Å². The van der Waals surface area contributed by atoms with E-state index in [1.54, 1.807) is 4.90 Å². The van der Waals surface area contributed by atoms with Crippen molar-refractivity contribution in [2.45, 2.75) is 25.8 Å². The summed E-state index contributed by atoms with van der Waals surface area (Å²) < 4.78 is 16.1. The molecule has 1 aromatic rings. The average Bonchev–Trinajstić information content (AvgIpc) is 2.94. The maximum Gasteiger partial charge on any atom is 0.410 e. The van der Waals surface area contributed by atoms with Crippen molar-refractivity contribution in [3.8, 4) is 0 Å². The van der Waals surface area contributed by atoms with E-state index in [0.717, 1.165) is 0 Å². The van der Waals surface area contributed by atoms with Crippen molar-refractivity contribution in [3.63, 3.8) is 0 Å². The molecule has 0 N–H and O–H groups in total. The second-order valence-corrected chi connectivity index (χ2v) is 4.78. The third-order valence-electron chi connectivity index (χ3n) is 2.92. The predicted molar refractivity (Wildman–Crippen MR) is 70.2 cm³/mol. The van der Waals surface area contributed by atoms with Gasteiger partial charge in [0.15, 0.2) is 0 Å². The summed E-state index contributed by atoms with van der Waals surface area (Å²) >= 11 is 0. The largest absolute Gasteiger partial charge is 0.445 e. The molecule has 0 spiro atoms. The first-order valence-corrected chi connectivity index (χ1v) is 6.58. The van der Waals surface area contributed by atoms with Crippen molar-refractivity contribution < 1.29 is 18.7 Å². The van der Waals surface area contributed by atoms with E-state index in [4.69, 9.17) is 13.9 Å². The highest BCUT2D eigenvalue weighted by Gasteiger charge is 2.33. The minimum absolute atomic E-state index is 0.141. The van der Waals surface area contributed by atoms with Crippen LogP contribution >= 0.6 is 0 Å². The van der Waals surface area contributed by atoms with Gasteiger partial charge in [0, 0.05) is 12.5 Å². The molecule has 1 unspecified atom stereocenters. The van der Waals surface area contributed by atoms with E-state index >= 15 is 0 Å². The minimum atomic E-state index is -0.428. The van der Waals surface area contributed by atoms with Crippen molar-refractivity contribution in [2.75, 3.05) is 26.4 Å². The van der Waals surface area contributed by atoms with Crippen LogP contribution in [0.1, 0.15) is 37.6 Å². The highest BCUT2D eigenvalue weighted by Crippen LogP contribution is 2.25. The number of rotatable bonds is 4. The number of carbonyl (C=O) groups excluding carboxylic acids is 1. The van der Waals surface area contributed by atoms with Crippen LogP contribution in [0.15, 0.2) is 17.1 Å². The molecule has 7 nitrogen and oxygen atoms in total. The minimum Gasteiger partial charge on any atom is -0.445 e. The van der Waals surface area contributed by atoms with Gasteiger partial charge in [-0.15, -0.1) is 10.2 Å². The lowest BCUT2D eigenvalue weighted by Crippen LogP contribution is -2.43. The van der Waals surface area contributed by atoms with Gasteiger partial charge in [-0.2, -0.15) is 0 Å². The molecule has 1 fully saturated rings. The monoisotopic (exact) mass is 281 g/mol. The molecule has 1 amide bonds. The fourth-order valence-corrected chi connectivity index (χ4v) is 1.85. The van der Waals surface area contributed by atoms with E-state index in [0.29, 0.717) is 31.5 Å². The maximum absolute atomic E-state index is 12.0. The second kappa shape index (κ2) is 6.51. The summed E-state index contributed by atoms with van der Waals surface area (Å²) in [5.41, 5.74) is 0. The fourth-order valence-electron chi connectivity index (χ4n) is 1.85. The molecule has 0 bridgehead atoms. The molecule has 2 rings (SSSR count). The van der Waals surface area contributed by atoms with Crippen molar-refractivity contribution in [1.29, 1.82) is 0 Å². The van der Waals surface area contributed by atoms with Crippen molar-refractivity contribution >= 4 is 6.09 Å². The van der Waals surface area contributed by atoms with Crippen LogP contribution in [-0.2, 0) is 9.47 Å². The van der Waals surface area contributed by atoms with E-state index in [9.17, 15) is 4.79 Å². The SMILES string of the molecule is C=CCOC(=O)N1CCOCC1c1nnc(C(C)C)o1. The molecule has 7 heteroatoms. The summed E-state index contributed by atoms with van der Waals surface area (Å²) in [5, 5.41) is 7.99. The predicted octanol–water partition coefficient (Wildman–Crippen LogP) is 1.89. The molecule has 2 heterocycles. The molecule has 0 saturated carbocycles. The Kier molecular flexibility index (Phi) is 4.73. The number of nitrogens with zero attached hydrogens (tertiary/aromatic N) is 3. The van der Waals surface area contributed by atoms with Crippen LogP contribution in [0.5, 0.6) is 0 Å². The normalized spacial score (nSPS) is 19.1. The molecular weight excluding hydrogens is 262 g/mol. The Bertz CT molecular complexity index is 472. The summed E-state index contributed by atoms with van der Waals surface area (Å²) in [6, 6.07) is -0.402. The summed E-state index contributed by atoms with van der Waals surface area (Å²) in [5.74, 6) is 1.07. The molecule has 1 aromatic heterocycles. The Hall–Kier alpha value is -1.89. The van der Waals surface area contributed by atoms with Crippen molar-refractivity contribution in [1.82, 2.24) is 15.1 Å². The van der Waals surface area contributed by atoms with E-state index < -0.39 is 12.1 Å². The Morgan fingerprint density at radius 1 is 1.60 bits per heavy atom. The van der Waals surface area contributed by atoms with Crippen LogP contribution in [-0.4, -0.2) is 47.6 Å². The first-order valence-electron chi connectivity index (χ1n) is 6.58. The number of ether oxygens (including phenoxy) is 2. The Morgan fingerprint density at radius 2 is 2.40 bits per heavy atom. The number of carbonyl (C=O) groups is 1. The van der Waals surface area contributed by atoms with Gasteiger partial charge in [0.2, 0.25) is 11.8 Å². The topological polar surface area (TPSA) is 77.7 Å². The van der Waals surface area contributed by atoms with Gasteiger partial charge in [-0.05, 0) is 0 Å². The molecule has 20 heavy (non-hydrogen) atoms. The highest BCUT2D eigenvalue weighted by molar-refractivity contribution is 5.68. The summed E-state index contributed by atoms with van der Waals surface area (Å²) in [6.07, 6.45) is 1.10.